The van der Waals surface area contributed by atoms with Crippen LogP contribution >= 0.6 is 11.6 Å². The van der Waals surface area contributed by atoms with Gasteiger partial charge in [-0.25, -0.2) is 9.97 Å². The van der Waals surface area contributed by atoms with E-state index >= 15 is 0 Å². The van der Waals surface area contributed by atoms with Crippen LogP contribution in [0.2, 0.25) is 5.02 Å². The molecule has 6 heteroatoms. The van der Waals surface area contributed by atoms with Crippen LogP contribution in [-0.4, -0.2) is 42.8 Å². The van der Waals surface area contributed by atoms with Crippen molar-refractivity contribution < 1.29 is 4.74 Å². The first-order valence-corrected chi connectivity index (χ1v) is 9.28. The van der Waals surface area contributed by atoms with E-state index in [0.29, 0.717) is 0 Å². The van der Waals surface area contributed by atoms with E-state index in [9.17, 15) is 0 Å². The zero-order valence-electron chi connectivity index (χ0n) is 14.2. The smallest absolute Gasteiger partial charge is 0.134 e. The summed E-state index contributed by atoms with van der Waals surface area (Å²) in [6, 6.07) is 10.3. The van der Waals surface area contributed by atoms with Gasteiger partial charge in [-0.1, -0.05) is 30.2 Å². The molecular weight excluding hydrogens is 336 g/mol. The lowest BCUT2D eigenvalue weighted by Crippen LogP contribution is -2.41. The summed E-state index contributed by atoms with van der Waals surface area (Å²) in [5.74, 6) is 1.85. The molecule has 1 aliphatic heterocycles. The van der Waals surface area contributed by atoms with E-state index in [2.05, 4.69) is 32.3 Å². The number of halogens is 1. The highest BCUT2D eigenvalue weighted by Gasteiger charge is 2.38. The second kappa shape index (κ2) is 7.18. The Balaban J connectivity index is 1.46. The summed E-state index contributed by atoms with van der Waals surface area (Å²) >= 11 is 6.04. The Kier molecular flexibility index (Phi) is 4.77. The third-order valence-corrected chi connectivity index (χ3v) is 5.61. The van der Waals surface area contributed by atoms with E-state index in [4.69, 9.17) is 16.3 Å². The lowest BCUT2D eigenvalue weighted by atomic mass is 9.64. The van der Waals surface area contributed by atoms with Crippen LogP contribution in [-0.2, 0) is 10.2 Å². The minimum atomic E-state index is 0.189. The normalized spacial score (nSPS) is 19.3. The summed E-state index contributed by atoms with van der Waals surface area (Å²) in [7, 11) is 0. The minimum Gasteiger partial charge on any atom is -0.378 e. The molecule has 2 aliphatic rings. The van der Waals surface area contributed by atoms with E-state index in [1.807, 2.05) is 18.2 Å². The summed E-state index contributed by atoms with van der Waals surface area (Å²) in [5, 5.41) is 4.33. The van der Waals surface area contributed by atoms with Crippen LogP contribution in [0.25, 0.3) is 0 Å². The summed E-state index contributed by atoms with van der Waals surface area (Å²) in [6.45, 7) is 4.16. The summed E-state index contributed by atoms with van der Waals surface area (Å²) in [5.41, 5.74) is 1.55. The number of anilines is 2. The minimum absolute atomic E-state index is 0.189. The second-order valence-corrected chi connectivity index (χ2v) is 7.29. The number of ether oxygens (including phenoxy) is 1. The van der Waals surface area contributed by atoms with Gasteiger partial charge in [0.2, 0.25) is 0 Å². The van der Waals surface area contributed by atoms with Gasteiger partial charge in [-0.2, -0.15) is 0 Å². The molecule has 2 fully saturated rings. The number of aromatic nitrogens is 2. The highest BCUT2D eigenvalue weighted by molar-refractivity contribution is 6.30. The fourth-order valence-corrected chi connectivity index (χ4v) is 3.77. The van der Waals surface area contributed by atoms with E-state index in [1.165, 1.54) is 24.8 Å². The topological polar surface area (TPSA) is 50.3 Å². The Hall–Kier alpha value is -1.85. The third kappa shape index (κ3) is 3.58. The van der Waals surface area contributed by atoms with Gasteiger partial charge in [-0.05, 0) is 30.5 Å². The maximum Gasteiger partial charge on any atom is 0.134 e. The molecule has 1 aromatic carbocycles. The Bertz CT molecular complexity index is 712. The molecule has 2 aromatic rings. The van der Waals surface area contributed by atoms with Gasteiger partial charge in [0.25, 0.3) is 0 Å². The number of hydrogen-bond acceptors (Lipinski definition) is 5. The van der Waals surface area contributed by atoms with Crippen molar-refractivity contribution in [3.05, 3.63) is 47.2 Å². The van der Waals surface area contributed by atoms with Crippen LogP contribution in [0.4, 0.5) is 11.6 Å². The molecule has 132 valence electrons. The maximum absolute atomic E-state index is 6.04. The third-order valence-electron chi connectivity index (χ3n) is 5.36. The first-order valence-electron chi connectivity index (χ1n) is 8.90. The van der Waals surface area contributed by atoms with Crippen molar-refractivity contribution in [3.8, 4) is 0 Å². The molecule has 4 rings (SSSR count). The Morgan fingerprint density at radius 1 is 1.12 bits per heavy atom. The number of rotatable bonds is 5. The van der Waals surface area contributed by atoms with E-state index < -0.39 is 0 Å². The molecule has 0 amide bonds. The van der Waals surface area contributed by atoms with Crippen molar-refractivity contribution in [2.45, 2.75) is 24.7 Å². The van der Waals surface area contributed by atoms with Gasteiger partial charge in [0.1, 0.15) is 18.0 Å². The summed E-state index contributed by atoms with van der Waals surface area (Å²) in [4.78, 5) is 11.1. The number of morpholine rings is 1. The fraction of sp³-hybridized carbons (Fsp3) is 0.474. The SMILES string of the molecule is Clc1ccc(C2(CNc3cc(N4CCOCC4)ncn3)CCC2)cc1. The molecule has 0 unspecified atom stereocenters. The molecule has 0 atom stereocenters. The summed E-state index contributed by atoms with van der Waals surface area (Å²) in [6.07, 6.45) is 5.31. The number of nitrogens with one attached hydrogen (secondary N) is 1. The van der Waals surface area contributed by atoms with Gasteiger partial charge in [-0.3, -0.25) is 0 Å². The molecule has 1 saturated carbocycles. The predicted molar refractivity (Wildman–Crippen MR) is 101 cm³/mol. The molecule has 0 radical (unpaired) electrons. The fourth-order valence-electron chi connectivity index (χ4n) is 3.64. The van der Waals surface area contributed by atoms with Crippen molar-refractivity contribution in [2.75, 3.05) is 43.1 Å². The molecule has 0 spiro atoms. The molecule has 2 heterocycles. The van der Waals surface area contributed by atoms with Gasteiger partial charge < -0.3 is 15.0 Å². The maximum atomic E-state index is 6.04. The Morgan fingerprint density at radius 2 is 1.88 bits per heavy atom. The van der Waals surface area contributed by atoms with Gasteiger partial charge >= 0.3 is 0 Å². The van der Waals surface area contributed by atoms with Crippen LogP contribution < -0.4 is 10.2 Å². The second-order valence-electron chi connectivity index (χ2n) is 6.86. The summed E-state index contributed by atoms with van der Waals surface area (Å²) < 4.78 is 5.41. The van der Waals surface area contributed by atoms with E-state index in [-0.39, 0.29) is 5.41 Å². The van der Waals surface area contributed by atoms with Gasteiger partial charge in [-0.15, -0.1) is 0 Å². The zero-order valence-corrected chi connectivity index (χ0v) is 15.0. The van der Waals surface area contributed by atoms with Crippen molar-refractivity contribution in [1.82, 2.24) is 9.97 Å². The van der Waals surface area contributed by atoms with Gasteiger partial charge in [0.05, 0.1) is 13.2 Å². The van der Waals surface area contributed by atoms with Crippen LogP contribution in [0.3, 0.4) is 0 Å². The largest absolute Gasteiger partial charge is 0.378 e. The molecular formula is C19H23ClN4O. The van der Waals surface area contributed by atoms with Crippen molar-refractivity contribution >= 4 is 23.2 Å². The molecule has 1 aromatic heterocycles. The molecule has 0 bridgehead atoms. The standard InChI is InChI=1S/C19H23ClN4O/c20-16-4-2-15(3-5-16)19(6-1-7-19)13-21-17-12-18(23-14-22-17)24-8-10-25-11-9-24/h2-5,12,14H,1,6-11,13H2,(H,21,22,23). The van der Waals surface area contributed by atoms with Crippen molar-refractivity contribution in [2.24, 2.45) is 0 Å². The molecule has 1 aliphatic carbocycles. The first-order chi connectivity index (χ1) is 12.3. The first kappa shape index (κ1) is 16.6. The predicted octanol–water partition coefficient (Wildman–Crippen LogP) is 3.50. The van der Waals surface area contributed by atoms with Crippen LogP contribution in [0.5, 0.6) is 0 Å². The molecule has 1 N–H and O–H groups in total. The Labute approximate surface area is 153 Å². The van der Waals surface area contributed by atoms with Crippen LogP contribution in [0.15, 0.2) is 36.7 Å². The lowest BCUT2D eigenvalue weighted by molar-refractivity contribution is 0.122. The number of benzene rings is 1. The average Bonchev–Trinajstić information content (AvgIpc) is 2.63. The van der Waals surface area contributed by atoms with Crippen molar-refractivity contribution in [1.29, 1.82) is 0 Å². The molecule has 25 heavy (non-hydrogen) atoms. The van der Waals surface area contributed by atoms with Crippen LogP contribution in [0.1, 0.15) is 24.8 Å². The quantitative estimate of drug-likeness (QED) is 0.886. The lowest BCUT2D eigenvalue weighted by Gasteiger charge is -2.42. The van der Waals surface area contributed by atoms with Crippen molar-refractivity contribution in [3.63, 3.8) is 0 Å². The number of hydrogen-bond donors (Lipinski definition) is 1. The van der Waals surface area contributed by atoms with E-state index in [0.717, 1.165) is 49.5 Å². The van der Waals surface area contributed by atoms with Crippen LogP contribution in [0, 0.1) is 0 Å². The number of nitrogens with zero attached hydrogens (tertiary/aromatic N) is 3. The molecule has 1 saturated heterocycles. The molecule has 5 nitrogen and oxygen atoms in total. The van der Waals surface area contributed by atoms with Gasteiger partial charge in [0.15, 0.2) is 0 Å². The Morgan fingerprint density at radius 3 is 2.56 bits per heavy atom. The highest BCUT2D eigenvalue weighted by atomic mass is 35.5. The van der Waals surface area contributed by atoms with E-state index in [1.54, 1.807) is 6.33 Å². The average molecular weight is 359 g/mol. The van der Waals surface area contributed by atoms with Gasteiger partial charge in [0, 0.05) is 36.1 Å². The highest BCUT2D eigenvalue weighted by Crippen LogP contribution is 2.44. The zero-order chi connectivity index (χ0) is 17.1. The monoisotopic (exact) mass is 358 g/mol.